The topological polar surface area (TPSA) is 55.9 Å². The minimum atomic E-state index is -0.0461. The lowest BCUT2D eigenvalue weighted by atomic mass is 9.87. The first-order valence-electron chi connectivity index (χ1n) is 11.6. The third kappa shape index (κ3) is 3.66. The van der Waals surface area contributed by atoms with Crippen molar-refractivity contribution in [2.24, 2.45) is 0 Å². The maximum Gasteiger partial charge on any atom is 0.322 e. The van der Waals surface area contributed by atoms with E-state index in [1.54, 1.807) is 0 Å². The van der Waals surface area contributed by atoms with Crippen LogP contribution in [0.15, 0.2) is 54.6 Å². The molecule has 168 valence electrons. The van der Waals surface area contributed by atoms with Gasteiger partial charge in [0.2, 0.25) is 0 Å². The van der Waals surface area contributed by atoms with Gasteiger partial charge in [0.25, 0.3) is 5.91 Å². The molecule has 6 nitrogen and oxygen atoms in total. The number of nitrogens with one attached hydrogen (secondary N) is 1. The van der Waals surface area contributed by atoms with Crippen molar-refractivity contribution in [2.75, 3.05) is 31.6 Å². The molecule has 0 aliphatic carbocycles. The van der Waals surface area contributed by atoms with Gasteiger partial charge in [-0.2, -0.15) is 0 Å². The maximum atomic E-state index is 13.3. The summed E-state index contributed by atoms with van der Waals surface area (Å²) in [7, 11) is 2.15. The molecule has 3 amide bonds. The van der Waals surface area contributed by atoms with Gasteiger partial charge in [0.1, 0.15) is 0 Å². The first-order valence-corrected chi connectivity index (χ1v) is 11.6. The first kappa shape index (κ1) is 21.0. The molecule has 3 heterocycles. The highest BCUT2D eigenvalue weighted by atomic mass is 16.2. The van der Waals surface area contributed by atoms with Crippen LogP contribution in [0.4, 0.5) is 10.5 Å². The molecule has 0 aromatic heterocycles. The summed E-state index contributed by atoms with van der Waals surface area (Å²) >= 11 is 0. The number of amides is 3. The molecule has 1 N–H and O–H groups in total. The van der Waals surface area contributed by atoms with Gasteiger partial charge < -0.3 is 10.2 Å². The fourth-order valence-corrected chi connectivity index (χ4v) is 5.70. The molecule has 3 aliphatic heterocycles. The van der Waals surface area contributed by atoms with E-state index in [4.69, 9.17) is 0 Å². The van der Waals surface area contributed by atoms with Crippen molar-refractivity contribution in [3.8, 4) is 0 Å². The summed E-state index contributed by atoms with van der Waals surface area (Å²) in [5.74, 6) is 0.104. The number of urea groups is 1. The normalized spacial score (nSPS) is 26.5. The van der Waals surface area contributed by atoms with Crippen molar-refractivity contribution in [2.45, 2.75) is 50.2 Å². The number of nitrogens with zero attached hydrogens (tertiary/aromatic N) is 3. The zero-order valence-electron chi connectivity index (χ0n) is 19.1. The Balaban J connectivity index is 1.26. The number of para-hydroxylation sites is 1. The van der Waals surface area contributed by atoms with E-state index in [1.807, 2.05) is 58.3 Å². The zero-order chi connectivity index (χ0) is 22.5. The molecular formula is C26H32N4O2. The molecule has 3 aliphatic rings. The quantitative estimate of drug-likeness (QED) is 0.791. The molecule has 2 fully saturated rings. The molecule has 2 aromatic rings. The number of rotatable bonds is 2. The van der Waals surface area contributed by atoms with Crippen LogP contribution in [-0.4, -0.2) is 66.5 Å². The third-order valence-electron chi connectivity index (χ3n) is 7.49. The van der Waals surface area contributed by atoms with Crippen LogP contribution >= 0.6 is 0 Å². The first-order chi connectivity index (χ1) is 15.3. The van der Waals surface area contributed by atoms with E-state index in [0.29, 0.717) is 19.6 Å². The van der Waals surface area contributed by atoms with Gasteiger partial charge in [-0.25, -0.2) is 4.79 Å². The van der Waals surface area contributed by atoms with E-state index < -0.39 is 0 Å². The Kier molecular flexibility index (Phi) is 5.20. The Bertz CT molecular complexity index is 1010. The fraction of sp³-hybridized carbons (Fsp3) is 0.462. The van der Waals surface area contributed by atoms with Crippen molar-refractivity contribution in [3.63, 3.8) is 0 Å². The SMILES string of the molecule is CN1C2CC(NC(=O)N3CC(C)(C)c4ccccc43)CC1CN(C(=O)c1ccccc1)C2. The molecule has 2 atom stereocenters. The second kappa shape index (κ2) is 7.93. The van der Waals surface area contributed by atoms with Gasteiger partial charge in [-0.15, -0.1) is 0 Å². The van der Waals surface area contributed by atoms with Crippen LogP contribution in [0.1, 0.15) is 42.6 Å². The average Bonchev–Trinajstić information content (AvgIpc) is 3.06. The van der Waals surface area contributed by atoms with Gasteiger partial charge >= 0.3 is 6.03 Å². The number of hydrogen-bond donors (Lipinski definition) is 1. The Morgan fingerprint density at radius 3 is 2.25 bits per heavy atom. The Labute approximate surface area is 190 Å². The van der Waals surface area contributed by atoms with Gasteiger partial charge in [0.15, 0.2) is 0 Å². The van der Waals surface area contributed by atoms with Crippen LogP contribution in [0.25, 0.3) is 0 Å². The van der Waals surface area contributed by atoms with Crippen molar-refractivity contribution in [1.29, 1.82) is 0 Å². The molecule has 5 rings (SSSR count). The van der Waals surface area contributed by atoms with Crippen LogP contribution in [0.3, 0.4) is 0 Å². The summed E-state index contributed by atoms with van der Waals surface area (Å²) in [5.41, 5.74) is 2.94. The molecule has 2 aromatic carbocycles. The summed E-state index contributed by atoms with van der Waals surface area (Å²) in [4.78, 5) is 32.5. The number of carbonyl (C=O) groups is 2. The number of likely N-dealkylation sites (N-methyl/N-ethyl adjacent to an activating group) is 1. The lowest BCUT2D eigenvalue weighted by Gasteiger charge is -2.51. The Morgan fingerprint density at radius 1 is 0.938 bits per heavy atom. The number of hydrogen-bond acceptors (Lipinski definition) is 3. The van der Waals surface area contributed by atoms with E-state index in [9.17, 15) is 9.59 Å². The molecule has 32 heavy (non-hydrogen) atoms. The number of piperidine rings is 1. The number of carbonyl (C=O) groups excluding carboxylic acids is 2. The standard InChI is InChI=1S/C26H32N4O2/c1-26(2)17-30(23-12-8-7-11-22(23)26)25(32)27-19-13-20-15-29(16-21(14-19)28(20)3)24(31)18-9-5-4-6-10-18/h4-12,19-21H,13-17H2,1-3H3,(H,27,32). The Hall–Kier alpha value is -2.86. The van der Waals surface area contributed by atoms with Crippen LogP contribution in [0, 0.1) is 0 Å². The number of anilines is 1. The summed E-state index contributed by atoms with van der Waals surface area (Å²) in [6.07, 6.45) is 1.71. The molecular weight excluding hydrogens is 400 g/mol. The maximum absolute atomic E-state index is 13.3. The molecule has 2 saturated heterocycles. The van der Waals surface area contributed by atoms with Crippen LogP contribution in [0.2, 0.25) is 0 Å². The smallest absolute Gasteiger partial charge is 0.322 e. The largest absolute Gasteiger partial charge is 0.336 e. The summed E-state index contributed by atoms with van der Waals surface area (Å²) in [6.45, 7) is 6.48. The highest BCUT2D eigenvalue weighted by Gasteiger charge is 2.43. The monoisotopic (exact) mass is 432 g/mol. The number of likely N-dealkylation sites (tertiary alicyclic amines) is 1. The predicted octanol–water partition coefficient (Wildman–Crippen LogP) is 3.48. The van der Waals surface area contributed by atoms with Crippen molar-refractivity contribution < 1.29 is 9.59 Å². The molecule has 6 heteroatoms. The van der Waals surface area contributed by atoms with E-state index in [2.05, 4.69) is 37.2 Å². The van der Waals surface area contributed by atoms with E-state index in [1.165, 1.54) is 5.56 Å². The summed E-state index contributed by atoms with van der Waals surface area (Å²) in [5, 5.41) is 3.32. The van der Waals surface area contributed by atoms with Gasteiger partial charge in [-0.3, -0.25) is 14.6 Å². The van der Waals surface area contributed by atoms with Crippen molar-refractivity contribution in [3.05, 3.63) is 65.7 Å². The minimum absolute atomic E-state index is 0.00660. The van der Waals surface area contributed by atoms with Gasteiger partial charge in [-0.05, 0) is 43.7 Å². The lowest BCUT2D eigenvalue weighted by molar-refractivity contribution is 0.00259. The molecule has 0 spiro atoms. The van der Waals surface area contributed by atoms with E-state index >= 15 is 0 Å². The number of benzene rings is 2. The summed E-state index contributed by atoms with van der Waals surface area (Å²) < 4.78 is 0. The highest BCUT2D eigenvalue weighted by Crippen LogP contribution is 2.40. The second-order valence-corrected chi connectivity index (χ2v) is 10.2. The molecule has 2 bridgehead atoms. The van der Waals surface area contributed by atoms with Gasteiger partial charge in [-0.1, -0.05) is 50.2 Å². The highest BCUT2D eigenvalue weighted by molar-refractivity contribution is 5.95. The van der Waals surface area contributed by atoms with Gasteiger partial charge in [0.05, 0.1) is 0 Å². The lowest BCUT2D eigenvalue weighted by Crippen LogP contribution is -2.65. The van der Waals surface area contributed by atoms with Crippen molar-refractivity contribution in [1.82, 2.24) is 15.1 Å². The average molecular weight is 433 g/mol. The van der Waals surface area contributed by atoms with Crippen LogP contribution < -0.4 is 10.2 Å². The third-order valence-corrected chi connectivity index (χ3v) is 7.49. The fourth-order valence-electron chi connectivity index (χ4n) is 5.70. The van der Waals surface area contributed by atoms with Crippen LogP contribution in [-0.2, 0) is 5.41 Å². The van der Waals surface area contributed by atoms with Gasteiger partial charge in [0, 0.05) is 54.4 Å². The zero-order valence-corrected chi connectivity index (χ0v) is 19.1. The minimum Gasteiger partial charge on any atom is -0.336 e. The predicted molar refractivity (Wildman–Crippen MR) is 126 cm³/mol. The molecule has 2 unspecified atom stereocenters. The summed E-state index contributed by atoms with van der Waals surface area (Å²) in [6, 6.07) is 18.4. The second-order valence-electron chi connectivity index (χ2n) is 10.2. The van der Waals surface area contributed by atoms with Crippen molar-refractivity contribution >= 4 is 17.6 Å². The molecule has 0 radical (unpaired) electrons. The van der Waals surface area contributed by atoms with Crippen LogP contribution in [0.5, 0.6) is 0 Å². The molecule has 0 saturated carbocycles. The number of piperazine rings is 1. The Morgan fingerprint density at radius 2 is 1.56 bits per heavy atom. The van der Waals surface area contributed by atoms with E-state index in [-0.39, 0.29) is 35.5 Å². The number of fused-ring (bicyclic) bond motifs is 3. The van der Waals surface area contributed by atoms with E-state index in [0.717, 1.165) is 24.1 Å².